The molecule has 1 atom stereocenters. The summed E-state index contributed by atoms with van der Waals surface area (Å²) in [6.07, 6.45) is 4.89. The van der Waals surface area contributed by atoms with Gasteiger partial charge in [-0.1, -0.05) is 36.7 Å². The lowest BCUT2D eigenvalue weighted by molar-refractivity contribution is 0.142. The van der Waals surface area contributed by atoms with Crippen LogP contribution in [0.3, 0.4) is 0 Å². The van der Waals surface area contributed by atoms with Crippen molar-refractivity contribution in [2.75, 3.05) is 13.2 Å². The van der Waals surface area contributed by atoms with E-state index in [0.717, 1.165) is 23.3 Å². The van der Waals surface area contributed by atoms with Crippen molar-refractivity contribution in [2.45, 2.75) is 46.1 Å². The molecular formula is C20H26ClNO3. The van der Waals surface area contributed by atoms with Crippen molar-refractivity contribution < 1.29 is 14.3 Å². The molecule has 1 aromatic rings. The number of nitrogens with one attached hydrogen (secondary N) is 1. The molecule has 0 aromatic heterocycles. The van der Waals surface area contributed by atoms with Gasteiger partial charge in [-0.05, 0) is 62.5 Å². The van der Waals surface area contributed by atoms with Gasteiger partial charge in [0.05, 0.1) is 12.1 Å². The van der Waals surface area contributed by atoms with E-state index in [9.17, 15) is 4.79 Å². The summed E-state index contributed by atoms with van der Waals surface area (Å²) in [6.45, 7) is 8.57. The molecule has 25 heavy (non-hydrogen) atoms. The summed E-state index contributed by atoms with van der Waals surface area (Å²) in [5, 5.41) is 3.58. The number of rotatable bonds is 6. The van der Waals surface area contributed by atoms with E-state index in [1.54, 1.807) is 6.92 Å². The molecular weight excluding hydrogens is 338 g/mol. The predicted molar refractivity (Wildman–Crippen MR) is 101 cm³/mol. The van der Waals surface area contributed by atoms with Crippen LogP contribution in [0.5, 0.6) is 5.75 Å². The van der Waals surface area contributed by atoms with Gasteiger partial charge < -0.3 is 14.8 Å². The first kappa shape index (κ1) is 19.4. The van der Waals surface area contributed by atoms with E-state index in [1.807, 2.05) is 32.1 Å². The average Bonchev–Trinajstić information content (AvgIpc) is 2.57. The third-order valence-electron chi connectivity index (χ3n) is 4.41. The number of carbonyl (C=O) groups excluding carboxylic acids is 1. The number of alkyl carbamates (subject to hydrolysis) is 1. The van der Waals surface area contributed by atoms with E-state index in [1.165, 1.54) is 5.56 Å². The van der Waals surface area contributed by atoms with Crippen LogP contribution in [0.4, 0.5) is 4.79 Å². The van der Waals surface area contributed by atoms with E-state index < -0.39 is 11.6 Å². The third kappa shape index (κ3) is 5.02. The Morgan fingerprint density at radius 1 is 1.36 bits per heavy atom. The number of allylic oxidation sites excluding steroid dienone is 2. The van der Waals surface area contributed by atoms with Crippen LogP contribution in [0.15, 0.2) is 41.0 Å². The number of hydrogen-bond donors (Lipinski definition) is 1. The maximum absolute atomic E-state index is 11.9. The Kier molecular flexibility index (Phi) is 6.54. The molecule has 0 saturated carbocycles. The van der Waals surface area contributed by atoms with Crippen LogP contribution >= 0.6 is 11.6 Å². The zero-order chi connectivity index (χ0) is 18.4. The Morgan fingerprint density at radius 3 is 2.76 bits per heavy atom. The smallest absolute Gasteiger partial charge is 0.407 e. The molecule has 1 aliphatic carbocycles. The highest BCUT2D eigenvalue weighted by molar-refractivity contribution is 6.31. The molecule has 1 aliphatic rings. The lowest BCUT2D eigenvalue weighted by atomic mass is 9.85. The number of benzene rings is 1. The van der Waals surface area contributed by atoms with Crippen molar-refractivity contribution >= 4 is 17.7 Å². The molecule has 1 amide bonds. The highest BCUT2D eigenvalue weighted by Crippen LogP contribution is 2.31. The van der Waals surface area contributed by atoms with Crippen molar-refractivity contribution in [1.29, 1.82) is 0 Å². The fourth-order valence-electron chi connectivity index (χ4n) is 2.79. The lowest BCUT2D eigenvalue weighted by Crippen LogP contribution is -2.49. The van der Waals surface area contributed by atoms with Gasteiger partial charge in [0.15, 0.2) is 0 Å². The number of aryl methyl sites for hydroxylation is 2. The minimum atomic E-state index is -0.581. The topological polar surface area (TPSA) is 47.6 Å². The molecule has 0 radical (unpaired) electrons. The van der Waals surface area contributed by atoms with Gasteiger partial charge in [0, 0.05) is 5.03 Å². The summed E-state index contributed by atoms with van der Waals surface area (Å²) in [4.78, 5) is 11.9. The van der Waals surface area contributed by atoms with Crippen LogP contribution in [-0.4, -0.2) is 24.8 Å². The fourth-order valence-corrected chi connectivity index (χ4v) is 3.00. The summed E-state index contributed by atoms with van der Waals surface area (Å²) in [6, 6.07) is 6.19. The summed E-state index contributed by atoms with van der Waals surface area (Å²) >= 11 is 6.17. The van der Waals surface area contributed by atoms with Crippen LogP contribution in [0, 0.1) is 6.92 Å². The summed E-state index contributed by atoms with van der Waals surface area (Å²) in [5.41, 5.74) is 2.70. The minimum absolute atomic E-state index is 0.330. The Morgan fingerprint density at radius 2 is 2.12 bits per heavy atom. The number of amides is 1. The predicted octanol–water partition coefficient (Wildman–Crippen LogP) is 4.89. The van der Waals surface area contributed by atoms with Crippen LogP contribution < -0.4 is 10.1 Å². The minimum Gasteiger partial charge on any atom is -0.489 e. The molecule has 4 nitrogen and oxygen atoms in total. The van der Waals surface area contributed by atoms with Crippen LogP contribution in [0.1, 0.15) is 38.3 Å². The zero-order valence-electron chi connectivity index (χ0n) is 15.3. The second-order valence-electron chi connectivity index (χ2n) is 6.38. The second kappa shape index (κ2) is 8.43. The molecule has 2 rings (SSSR count). The average molecular weight is 364 g/mol. The Labute approximate surface area is 154 Å². The molecule has 136 valence electrons. The number of carbonyl (C=O) groups is 1. The van der Waals surface area contributed by atoms with Gasteiger partial charge in [-0.2, -0.15) is 0 Å². The van der Waals surface area contributed by atoms with Crippen LogP contribution in [0.25, 0.3) is 0 Å². The first-order valence-corrected chi connectivity index (χ1v) is 8.99. The summed E-state index contributed by atoms with van der Waals surface area (Å²) < 4.78 is 11.0. The van der Waals surface area contributed by atoms with E-state index in [4.69, 9.17) is 21.1 Å². The number of ether oxygens (including phenoxy) is 2. The van der Waals surface area contributed by atoms with Gasteiger partial charge in [0.2, 0.25) is 0 Å². The maximum Gasteiger partial charge on any atom is 0.407 e. The van der Waals surface area contributed by atoms with Gasteiger partial charge in [0.25, 0.3) is 0 Å². The van der Waals surface area contributed by atoms with E-state index in [0.29, 0.717) is 24.7 Å². The van der Waals surface area contributed by atoms with Gasteiger partial charge in [0.1, 0.15) is 12.4 Å². The van der Waals surface area contributed by atoms with Crippen LogP contribution in [-0.2, 0) is 11.2 Å². The van der Waals surface area contributed by atoms with Crippen molar-refractivity contribution in [3.8, 4) is 5.75 Å². The van der Waals surface area contributed by atoms with Gasteiger partial charge in [-0.25, -0.2) is 4.79 Å². The molecule has 1 unspecified atom stereocenters. The van der Waals surface area contributed by atoms with E-state index in [-0.39, 0.29) is 0 Å². The van der Waals surface area contributed by atoms with Gasteiger partial charge >= 0.3 is 6.09 Å². The maximum atomic E-state index is 11.9. The van der Waals surface area contributed by atoms with Gasteiger partial charge in [-0.3, -0.25) is 0 Å². The van der Waals surface area contributed by atoms with Crippen LogP contribution in [0.2, 0.25) is 0 Å². The summed E-state index contributed by atoms with van der Waals surface area (Å²) in [5.74, 6) is 0.835. The molecule has 0 spiro atoms. The SMILES string of the molecule is CCOC(=O)NC1(C)CC=C(Cl)C=C1COc1ccc(CC)cc1C. The molecule has 0 fully saturated rings. The molecule has 0 bridgehead atoms. The molecule has 0 heterocycles. The normalized spacial score (nSPS) is 19.7. The Balaban J connectivity index is 2.13. The highest BCUT2D eigenvalue weighted by Gasteiger charge is 2.33. The molecule has 0 saturated heterocycles. The van der Waals surface area contributed by atoms with Crippen molar-refractivity contribution in [2.24, 2.45) is 0 Å². The number of halogens is 1. The quantitative estimate of drug-likeness (QED) is 0.782. The monoisotopic (exact) mass is 363 g/mol. The molecule has 1 N–H and O–H groups in total. The fraction of sp³-hybridized carbons (Fsp3) is 0.450. The zero-order valence-corrected chi connectivity index (χ0v) is 16.1. The standard InChI is InChI=1S/C20H26ClNO3/c1-5-15-7-8-18(14(3)11-15)25-13-16-12-17(21)9-10-20(16,4)22-19(23)24-6-2/h7-9,11-12H,5-6,10,13H2,1-4H3,(H,22,23). The van der Waals surface area contributed by atoms with Crippen molar-refractivity contribution in [3.05, 3.63) is 52.1 Å². The second-order valence-corrected chi connectivity index (χ2v) is 6.82. The molecule has 0 aliphatic heterocycles. The first-order chi connectivity index (χ1) is 11.9. The molecule has 1 aromatic carbocycles. The first-order valence-electron chi connectivity index (χ1n) is 8.62. The third-order valence-corrected chi connectivity index (χ3v) is 4.67. The lowest BCUT2D eigenvalue weighted by Gasteiger charge is -2.34. The Bertz CT molecular complexity index is 696. The largest absolute Gasteiger partial charge is 0.489 e. The van der Waals surface area contributed by atoms with Gasteiger partial charge in [-0.15, -0.1) is 0 Å². The molecule has 5 heteroatoms. The highest BCUT2D eigenvalue weighted by atomic mass is 35.5. The number of hydrogen-bond acceptors (Lipinski definition) is 3. The van der Waals surface area contributed by atoms with E-state index >= 15 is 0 Å². The van der Waals surface area contributed by atoms with Crippen molar-refractivity contribution in [3.63, 3.8) is 0 Å². The summed E-state index contributed by atoms with van der Waals surface area (Å²) in [7, 11) is 0. The van der Waals surface area contributed by atoms with E-state index in [2.05, 4.69) is 24.4 Å². The Hall–Kier alpha value is -1.94. The van der Waals surface area contributed by atoms with Crippen molar-refractivity contribution in [1.82, 2.24) is 5.32 Å².